The van der Waals surface area contributed by atoms with E-state index in [0.29, 0.717) is 17.1 Å². The van der Waals surface area contributed by atoms with E-state index in [4.69, 9.17) is 6.42 Å². The van der Waals surface area contributed by atoms with Crippen LogP contribution >= 0.6 is 11.3 Å². The first kappa shape index (κ1) is 11.8. The lowest BCUT2D eigenvalue weighted by Gasteiger charge is -2.18. The fourth-order valence-electron chi connectivity index (χ4n) is 1.36. The van der Waals surface area contributed by atoms with Crippen molar-refractivity contribution >= 4 is 21.6 Å². The predicted octanol–water partition coefficient (Wildman–Crippen LogP) is 1.49. The number of aromatic amines is 1. The van der Waals surface area contributed by atoms with Gasteiger partial charge in [-0.3, -0.25) is 10.1 Å². The standard InChI is InChI=1S/C12H13N3OS/c1-4-12(2,3)13-7-9-14-8-5-6-17-10(8)11(16)15-9/h1,5-6,13H,7H2,2-3H3,(H,14,15,16). The molecular formula is C12H13N3OS. The third-order valence-electron chi connectivity index (χ3n) is 2.42. The molecule has 0 fully saturated rings. The largest absolute Gasteiger partial charge is 0.308 e. The fourth-order valence-corrected chi connectivity index (χ4v) is 2.09. The molecule has 4 nitrogen and oxygen atoms in total. The SMILES string of the molecule is C#CC(C)(C)NCc1nc2ccsc2c(=O)[nH]1. The molecule has 0 unspecified atom stereocenters. The van der Waals surface area contributed by atoms with Crippen molar-refractivity contribution in [3.05, 3.63) is 27.6 Å². The van der Waals surface area contributed by atoms with Gasteiger partial charge < -0.3 is 4.98 Å². The number of fused-ring (bicyclic) bond motifs is 1. The van der Waals surface area contributed by atoms with E-state index in [1.54, 1.807) is 0 Å². The van der Waals surface area contributed by atoms with Crippen molar-refractivity contribution in [2.75, 3.05) is 0 Å². The van der Waals surface area contributed by atoms with E-state index >= 15 is 0 Å². The third kappa shape index (κ3) is 2.54. The summed E-state index contributed by atoms with van der Waals surface area (Å²) in [6.07, 6.45) is 5.37. The van der Waals surface area contributed by atoms with Crippen LogP contribution in [-0.2, 0) is 6.54 Å². The molecule has 0 saturated heterocycles. The molecule has 88 valence electrons. The van der Waals surface area contributed by atoms with Crippen molar-refractivity contribution in [3.63, 3.8) is 0 Å². The zero-order valence-corrected chi connectivity index (χ0v) is 10.5. The van der Waals surface area contributed by atoms with E-state index in [0.717, 1.165) is 5.52 Å². The maximum Gasteiger partial charge on any atom is 0.268 e. The van der Waals surface area contributed by atoms with Gasteiger partial charge in [-0.05, 0) is 25.3 Å². The van der Waals surface area contributed by atoms with Crippen molar-refractivity contribution in [2.45, 2.75) is 25.9 Å². The minimum absolute atomic E-state index is 0.0969. The van der Waals surface area contributed by atoms with Gasteiger partial charge in [0.05, 0.1) is 17.6 Å². The summed E-state index contributed by atoms with van der Waals surface area (Å²) in [5, 5.41) is 5.00. The Hall–Kier alpha value is -1.64. The first-order valence-corrected chi connectivity index (χ1v) is 6.09. The Morgan fingerprint density at radius 2 is 2.41 bits per heavy atom. The van der Waals surface area contributed by atoms with E-state index in [1.165, 1.54) is 11.3 Å². The van der Waals surface area contributed by atoms with Crippen LogP contribution in [0.1, 0.15) is 19.7 Å². The first-order chi connectivity index (χ1) is 8.02. The number of terminal acetylenes is 1. The molecule has 0 amide bonds. The Kier molecular flexibility index (Phi) is 3.01. The Balaban J connectivity index is 2.26. The summed E-state index contributed by atoms with van der Waals surface area (Å²) in [5.41, 5.74) is 0.219. The Morgan fingerprint density at radius 1 is 1.65 bits per heavy atom. The van der Waals surface area contributed by atoms with Crippen LogP contribution in [0.3, 0.4) is 0 Å². The van der Waals surface area contributed by atoms with E-state index in [9.17, 15) is 4.79 Å². The van der Waals surface area contributed by atoms with Crippen molar-refractivity contribution in [1.29, 1.82) is 0 Å². The summed E-state index contributed by atoms with van der Waals surface area (Å²) in [6.45, 7) is 4.24. The average Bonchev–Trinajstić information content (AvgIpc) is 2.75. The van der Waals surface area contributed by atoms with Crippen molar-refractivity contribution < 1.29 is 0 Å². The molecule has 0 saturated carbocycles. The van der Waals surface area contributed by atoms with Gasteiger partial charge >= 0.3 is 0 Å². The highest BCUT2D eigenvalue weighted by atomic mass is 32.1. The molecule has 0 radical (unpaired) electrons. The number of thiophene rings is 1. The van der Waals surface area contributed by atoms with Crippen LogP contribution < -0.4 is 10.9 Å². The Bertz CT molecular complexity index is 633. The number of hydrogen-bond donors (Lipinski definition) is 2. The van der Waals surface area contributed by atoms with Crippen LogP contribution in [0.4, 0.5) is 0 Å². The van der Waals surface area contributed by atoms with Gasteiger partial charge in [0.25, 0.3) is 5.56 Å². The highest BCUT2D eigenvalue weighted by molar-refractivity contribution is 7.17. The molecule has 0 aliphatic rings. The van der Waals surface area contributed by atoms with Gasteiger partial charge in [-0.1, -0.05) is 5.92 Å². The molecule has 0 spiro atoms. The van der Waals surface area contributed by atoms with Crippen LogP contribution in [0.25, 0.3) is 10.2 Å². The van der Waals surface area contributed by atoms with Gasteiger partial charge in [0.1, 0.15) is 10.5 Å². The quantitative estimate of drug-likeness (QED) is 0.808. The van der Waals surface area contributed by atoms with Gasteiger partial charge in [0, 0.05) is 0 Å². The molecule has 0 bridgehead atoms. The van der Waals surface area contributed by atoms with E-state index in [2.05, 4.69) is 21.2 Å². The molecule has 2 aromatic rings. The zero-order chi connectivity index (χ0) is 12.5. The van der Waals surface area contributed by atoms with Crippen LogP contribution in [0.5, 0.6) is 0 Å². The maximum absolute atomic E-state index is 11.7. The van der Waals surface area contributed by atoms with Gasteiger partial charge in [-0.15, -0.1) is 17.8 Å². The number of hydrogen-bond acceptors (Lipinski definition) is 4. The second kappa shape index (κ2) is 4.32. The van der Waals surface area contributed by atoms with Crippen molar-refractivity contribution in [3.8, 4) is 12.3 Å². The fraction of sp³-hybridized carbons (Fsp3) is 0.333. The number of aromatic nitrogens is 2. The number of nitrogens with zero attached hydrogens (tertiary/aromatic N) is 1. The minimum Gasteiger partial charge on any atom is -0.308 e. The second-order valence-corrected chi connectivity index (χ2v) is 5.19. The molecule has 5 heteroatoms. The van der Waals surface area contributed by atoms with Gasteiger partial charge in [0.15, 0.2) is 0 Å². The summed E-state index contributed by atoms with van der Waals surface area (Å²) < 4.78 is 0.657. The molecule has 17 heavy (non-hydrogen) atoms. The van der Waals surface area contributed by atoms with E-state index in [1.807, 2.05) is 25.3 Å². The van der Waals surface area contributed by atoms with Crippen LogP contribution in [0.15, 0.2) is 16.2 Å². The molecule has 2 aromatic heterocycles. The van der Waals surface area contributed by atoms with E-state index < -0.39 is 5.54 Å². The molecule has 0 aliphatic heterocycles. The van der Waals surface area contributed by atoms with Gasteiger partial charge in [-0.2, -0.15) is 0 Å². The summed E-state index contributed by atoms with van der Waals surface area (Å²) in [4.78, 5) is 18.8. The minimum atomic E-state index is -0.415. The number of rotatable bonds is 3. The maximum atomic E-state index is 11.7. The summed E-state index contributed by atoms with van der Waals surface area (Å²) in [7, 11) is 0. The third-order valence-corrected chi connectivity index (χ3v) is 3.32. The van der Waals surface area contributed by atoms with Crippen LogP contribution in [0.2, 0.25) is 0 Å². The van der Waals surface area contributed by atoms with Crippen molar-refractivity contribution in [2.24, 2.45) is 0 Å². The lowest BCUT2D eigenvalue weighted by molar-refractivity contribution is 0.481. The Morgan fingerprint density at radius 3 is 3.12 bits per heavy atom. The highest BCUT2D eigenvalue weighted by Gasteiger charge is 2.13. The highest BCUT2D eigenvalue weighted by Crippen LogP contribution is 2.13. The normalized spacial score (nSPS) is 11.6. The monoisotopic (exact) mass is 247 g/mol. The molecule has 2 heterocycles. The van der Waals surface area contributed by atoms with E-state index in [-0.39, 0.29) is 5.56 Å². The lowest BCUT2D eigenvalue weighted by atomic mass is 10.1. The molecular weight excluding hydrogens is 234 g/mol. The van der Waals surface area contributed by atoms with Crippen LogP contribution in [-0.4, -0.2) is 15.5 Å². The molecule has 0 aromatic carbocycles. The van der Waals surface area contributed by atoms with Crippen LogP contribution in [0, 0.1) is 12.3 Å². The molecule has 0 aliphatic carbocycles. The molecule has 0 atom stereocenters. The average molecular weight is 247 g/mol. The topological polar surface area (TPSA) is 57.8 Å². The first-order valence-electron chi connectivity index (χ1n) is 5.21. The summed E-state index contributed by atoms with van der Waals surface area (Å²) in [5.74, 6) is 3.23. The Labute approximate surface area is 103 Å². The van der Waals surface area contributed by atoms with Gasteiger partial charge in [0.2, 0.25) is 0 Å². The smallest absolute Gasteiger partial charge is 0.268 e. The predicted molar refractivity (Wildman–Crippen MR) is 70.0 cm³/mol. The second-order valence-electron chi connectivity index (χ2n) is 4.27. The number of H-pyrrole nitrogens is 1. The molecule has 2 rings (SSSR count). The lowest BCUT2D eigenvalue weighted by Crippen LogP contribution is -2.37. The number of nitrogens with one attached hydrogen (secondary N) is 2. The zero-order valence-electron chi connectivity index (χ0n) is 9.70. The molecule has 2 N–H and O–H groups in total. The van der Waals surface area contributed by atoms with Crippen molar-refractivity contribution in [1.82, 2.24) is 15.3 Å². The van der Waals surface area contributed by atoms with Gasteiger partial charge in [-0.25, -0.2) is 4.98 Å². The summed E-state index contributed by atoms with van der Waals surface area (Å²) >= 11 is 1.39. The summed E-state index contributed by atoms with van der Waals surface area (Å²) in [6, 6.07) is 1.84.